The average Bonchev–Trinajstić information content (AvgIpc) is 2.62. The lowest BCUT2D eigenvalue weighted by atomic mass is 10.2. The number of imidazole rings is 1. The van der Waals surface area contributed by atoms with Crippen LogP contribution in [0.4, 0.5) is 4.79 Å². The number of rotatable bonds is 4. The molecule has 1 heterocycles. The Kier molecular flexibility index (Phi) is 3.87. The Morgan fingerprint density at radius 3 is 2.81 bits per heavy atom. The van der Waals surface area contributed by atoms with Gasteiger partial charge >= 0.3 is 12.1 Å². The number of nitrogens with one attached hydrogen (secondary N) is 2. The van der Waals surface area contributed by atoms with Crippen LogP contribution in [-0.2, 0) is 16.0 Å². The maximum Gasteiger partial charge on any atom is 0.407 e. The normalized spacial score (nSPS) is 11.9. The molecule has 1 amide bonds. The van der Waals surface area contributed by atoms with E-state index in [-0.39, 0.29) is 6.42 Å². The van der Waals surface area contributed by atoms with Crippen molar-refractivity contribution in [1.29, 1.82) is 0 Å². The Morgan fingerprint density at radius 1 is 1.69 bits per heavy atom. The summed E-state index contributed by atoms with van der Waals surface area (Å²) in [6.07, 6.45) is 0.929. The zero-order valence-corrected chi connectivity index (χ0v) is 8.98. The Labute approximate surface area is 91.8 Å². The molecule has 1 aromatic heterocycles. The summed E-state index contributed by atoms with van der Waals surface area (Å²) in [6, 6.07) is -1.05. The van der Waals surface area contributed by atoms with E-state index >= 15 is 0 Å². The largest absolute Gasteiger partial charge is 0.480 e. The summed E-state index contributed by atoms with van der Waals surface area (Å²) in [7, 11) is 1.17. The van der Waals surface area contributed by atoms with Gasteiger partial charge in [-0.15, -0.1) is 0 Å². The van der Waals surface area contributed by atoms with Gasteiger partial charge in [0.15, 0.2) is 0 Å². The van der Waals surface area contributed by atoms with Gasteiger partial charge in [-0.05, 0) is 6.92 Å². The number of carbonyl (C=O) groups is 2. The molecule has 0 fully saturated rings. The highest BCUT2D eigenvalue weighted by Gasteiger charge is 2.21. The monoisotopic (exact) mass is 227 g/mol. The fraction of sp³-hybridized carbons (Fsp3) is 0.444. The van der Waals surface area contributed by atoms with Crippen LogP contribution in [0.3, 0.4) is 0 Å². The molecule has 0 aliphatic carbocycles. The van der Waals surface area contributed by atoms with Crippen LogP contribution >= 0.6 is 0 Å². The molecule has 3 N–H and O–H groups in total. The van der Waals surface area contributed by atoms with Crippen molar-refractivity contribution in [3.63, 3.8) is 0 Å². The molecule has 88 valence electrons. The highest BCUT2D eigenvalue weighted by Crippen LogP contribution is 2.01. The number of carboxylic acids is 1. The molecule has 7 heteroatoms. The standard InChI is InChI=1S/C9H13N3O4/c1-5-10-4-6(11-5)3-7(8(13)14)12-9(15)16-2/h4,7H,3H2,1-2H3,(H,10,11)(H,12,15)(H,13,14)/t7-/m0/s1. The van der Waals surface area contributed by atoms with Gasteiger partial charge in [0.05, 0.1) is 12.8 Å². The third-order valence-corrected chi connectivity index (χ3v) is 1.95. The summed E-state index contributed by atoms with van der Waals surface area (Å²) in [6.45, 7) is 1.76. The Hall–Kier alpha value is -2.05. The first-order valence-electron chi connectivity index (χ1n) is 4.61. The molecule has 1 atom stereocenters. The SMILES string of the molecule is COC(=O)N[C@@H](Cc1c[nH]c(C)n1)C(=O)O. The second-order valence-corrected chi connectivity index (χ2v) is 3.21. The summed E-state index contributed by atoms with van der Waals surface area (Å²) in [4.78, 5) is 28.6. The molecule has 7 nitrogen and oxygen atoms in total. The van der Waals surface area contributed by atoms with E-state index in [1.54, 1.807) is 13.1 Å². The number of hydrogen-bond acceptors (Lipinski definition) is 4. The molecule has 16 heavy (non-hydrogen) atoms. The summed E-state index contributed by atoms with van der Waals surface area (Å²) in [5, 5.41) is 11.1. The van der Waals surface area contributed by atoms with Crippen molar-refractivity contribution in [1.82, 2.24) is 15.3 Å². The number of hydrogen-bond donors (Lipinski definition) is 3. The van der Waals surface area contributed by atoms with Gasteiger partial charge in [-0.3, -0.25) is 0 Å². The average molecular weight is 227 g/mol. The lowest BCUT2D eigenvalue weighted by Gasteiger charge is -2.11. The lowest BCUT2D eigenvalue weighted by molar-refractivity contribution is -0.139. The van der Waals surface area contributed by atoms with Gasteiger partial charge in [0.1, 0.15) is 11.9 Å². The van der Waals surface area contributed by atoms with Crippen LogP contribution in [0.1, 0.15) is 11.5 Å². The van der Waals surface area contributed by atoms with Gasteiger partial charge in [-0.2, -0.15) is 0 Å². The number of ether oxygens (including phenoxy) is 1. The van der Waals surface area contributed by atoms with Crippen molar-refractivity contribution in [3.8, 4) is 0 Å². The van der Waals surface area contributed by atoms with Gasteiger partial charge in [0.25, 0.3) is 0 Å². The van der Waals surface area contributed by atoms with Crippen molar-refractivity contribution in [2.24, 2.45) is 0 Å². The molecular weight excluding hydrogens is 214 g/mol. The minimum atomic E-state index is -1.13. The van der Waals surface area contributed by atoms with Crippen molar-refractivity contribution in [2.45, 2.75) is 19.4 Å². The number of methoxy groups -OCH3 is 1. The maximum absolute atomic E-state index is 10.9. The van der Waals surface area contributed by atoms with E-state index in [2.05, 4.69) is 20.0 Å². The molecule has 0 aromatic carbocycles. The van der Waals surface area contributed by atoms with Crippen LogP contribution < -0.4 is 5.32 Å². The number of carboxylic acid groups (broad SMARTS) is 1. The molecule has 0 aliphatic heterocycles. The second-order valence-electron chi connectivity index (χ2n) is 3.21. The van der Waals surface area contributed by atoms with E-state index in [1.807, 2.05) is 0 Å². The molecule has 0 radical (unpaired) electrons. The van der Waals surface area contributed by atoms with E-state index in [9.17, 15) is 9.59 Å². The van der Waals surface area contributed by atoms with Crippen LogP contribution in [0, 0.1) is 6.92 Å². The van der Waals surface area contributed by atoms with Crippen LogP contribution in [0.2, 0.25) is 0 Å². The van der Waals surface area contributed by atoms with Crippen molar-refractivity contribution in [3.05, 3.63) is 17.7 Å². The quantitative estimate of drug-likeness (QED) is 0.675. The summed E-state index contributed by atoms with van der Waals surface area (Å²) >= 11 is 0. The summed E-state index contributed by atoms with van der Waals surface area (Å²) < 4.78 is 4.33. The number of nitrogens with zero attached hydrogens (tertiary/aromatic N) is 1. The number of aromatic nitrogens is 2. The van der Waals surface area contributed by atoms with Gasteiger partial charge in [-0.1, -0.05) is 0 Å². The topological polar surface area (TPSA) is 104 Å². The molecule has 0 spiro atoms. The molecule has 1 rings (SSSR count). The van der Waals surface area contributed by atoms with E-state index in [0.717, 1.165) is 0 Å². The summed E-state index contributed by atoms with van der Waals surface area (Å²) in [5.41, 5.74) is 0.571. The Morgan fingerprint density at radius 2 is 2.38 bits per heavy atom. The molecule has 0 bridgehead atoms. The first kappa shape index (κ1) is 12.0. The summed E-state index contributed by atoms with van der Waals surface area (Å²) in [5.74, 6) is -0.441. The molecule has 0 saturated carbocycles. The number of carbonyl (C=O) groups excluding carboxylic acids is 1. The van der Waals surface area contributed by atoms with Crippen molar-refractivity contribution >= 4 is 12.1 Å². The number of alkyl carbamates (subject to hydrolysis) is 1. The highest BCUT2D eigenvalue weighted by atomic mass is 16.5. The first-order chi connectivity index (χ1) is 7.52. The van der Waals surface area contributed by atoms with E-state index < -0.39 is 18.1 Å². The Bertz CT molecular complexity index is 388. The van der Waals surface area contributed by atoms with Crippen LogP contribution in [0.5, 0.6) is 0 Å². The molecule has 0 unspecified atom stereocenters. The number of aryl methyl sites for hydroxylation is 1. The maximum atomic E-state index is 10.9. The third kappa shape index (κ3) is 3.26. The van der Waals surface area contributed by atoms with E-state index in [0.29, 0.717) is 11.5 Å². The smallest absolute Gasteiger partial charge is 0.407 e. The minimum Gasteiger partial charge on any atom is -0.480 e. The highest BCUT2D eigenvalue weighted by molar-refractivity contribution is 5.80. The number of aromatic amines is 1. The van der Waals surface area contributed by atoms with Gasteiger partial charge in [-0.25, -0.2) is 14.6 Å². The molecule has 0 aliphatic rings. The minimum absolute atomic E-state index is 0.106. The predicted octanol–water partition coefficient (Wildman–Crippen LogP) is 0.0698. The lowest BCUT2D eigenvalue weighted by Crippen LogP contribution is -2.42. The van der Waals surface area contributed by atoms with Gasteiger partial charge in [0, 0.05) is 12.6 Å². The zero-order valence-electron chi connectivity index (χ0n) is 8.98. The van der Waals surface area contributed by atoms with Crippen LogP contribution in [0.25, 0.3) is 0 Å². The van der Waals surface area contributed by atoms with Gasteiger partial charge < -0.3 is 20.1 Å². The fourth-order valence-corrected chi connectivity index (χ4v) is 1.18. The number of aliphatic carboxylic acids is 1. The van der Waals surface area contributed by atoms with E-state index in [4.69, 9.17) is 5.11 Å². The van der Waals surface area contributed by atoms with Gasteiger partial charge in [0.2, 0.25) is 0 Å². The van der Waals surface area contributed by atoms with Crippen LogP contribution in [0.15, 0.2) is 6.20 Å². The fourth-order valence-electron chi connectivity index (χ4n) is 1.18. The molecule has 1 aromatic rings. The number of H-pyrrole nitrogens is 1. The van der Waals surface area contributed by atoms with Crippen LogP contribution in [-0.4, -0.2) is 40.3 Å². The first-order valence-corrected chi connectivity index (χ1v) is 4.61. The third-order valence-electron chi connectivity index (χ3n) is 1.95. The van der Waals surface area contributed by atoms with Crippen molar-refractivity contribution in [2.75, 3.05) is 7.11 Å². The van der Waals surface area contributed by atoms with Crippen molar-refractivity contribution < 1.29 is 19.4 Å². The molecular formula is C9H13N3O4. The predicted molar refractivity (Wildman–Crippen MR) is 54.0 cm³/mol. The Balaban J connectivity index is 2.65. The second kappa shape index (κ2) is 5.15. The number of amides is 1. The van der Waals surface area contributed by atoms with E-state index in [1.165, 1.54) is 7.11 Å². The molecule has 0 saturated heterocycles. The zero-order chi connectivity index (χ0) is 12.1.